The molecule has 1 heterocycles. The SMILES string of the molecule is CC(C)NC(=O)[C@H](C)N(Cc1ccc(F)cc1)C(=O)CCN1C(=O)[C@H]2CC=CC[C@H]2C1=O. The number of halogens is 1. The first-order valence-corrected chi connectivity index (χ1v) is 11.0. The third-order valence-electron chi connectivity index (χ3n) is 6.01. The van der Waals surface area contributed by atoms with E-state index in [4.69, 9.17) is 0 Å². The van der Waals surface area contributed by atoms with Crippen molar-refractivity contribution < 1.29 is 23.6 Å². The molecule has 172 valence electrons. The Morgan fingerprint density at radius 3 is 2.16 bits per heavy atom. The van der Waals surface area contributed by atoms with E-state index in [-0.39, 0.29) is 66.8 Å². The van der Waals surface area contributed by atoms with Crippen LogP contribution in [0.5, 0.6) is 0 Å². The van der Waals surface area contributed by atoms with E-state index in [1.165, 1.54) is 21.9 Å². The minimum atomic E-state index is -0.772. The largest absolute Gasteiger partial charge is 0.352 e. The molecule has 32 heavy (non-hydrogen) atoms. The standard InChI is InChI=1S/C24H30FN3O4/c1-15(2)26-22(30)16(3)28(14-17-8-10-18(25)11-9-17)21(29)12-13-27-23(31)19-6-4-5-7-20(19)24(27)32/h4-5,8-11,15-16,19-20H,6-7,12-14H2,1-3H3,(H,26,30)/t16-,19-,20+/m0/s1. The molecule has 3 rings (SSSR count). The van der Waals surface area contributed by atoms with Crippen molar-refractivity contribution in [2.45, 2.75) is 58.7 Å². The van der Waals surface area contributed by atoms with Crippen molar-refractivity contribution in [3.63, 3.8) is 0 Å². The highest BCUT2D eigenvalue weighted by molar-refractivity contribution is 6.05. The summed E-state index contributed by atoms with van der Waals surface area (Å²) in [5.74, 6) is -2.18. The number of allylic oxidation sites excluding steroid dienone is 2. The molecule has 1 fully saturated rings. The zero-order valence-electron chi connectivity index (χ0n) is 18.7. The van der Waals surface area contributed by atoms with Crippen LogP contribution in [0.1, 0.15) is 45.6 Å². The molecular formula is C24H30FN3O4. The van der Waals surface area contributed by atoms with Gasteiger partial charge in [0.25, 0.3) is 0 Å². The first-order chi connectivity index (χ1) is 15.2. The predicted molar refractivity (Wildman–Crippen MR) is 116 cm³/mol. The number of rotatable bonds is 8. The molecule has 0 bridgehead atoms. The van der Waals surface area contributed by atoms with Gasteiger partial charge in [-0.25, -0.2) is 4.39 Å². The normalized spacial score (nSPS) is 21.0. The summed E-state index contributed by atoms with van der Waals surface area (Å²) in [7, 11) is 0. The number of nitrogens with zero attached hydrogens (tertiary/aromatic N) is 2. The van der Waals surface area contributed by atoms with Gasteiger partial charge in [-0.3, -0.25) is 24.1 Å². The highest BCUT2D eigenvalue weighted by atomic mass is 19.1. The van der Waals surface area contributed by atoms with Crippen molar-refractivity contribution in [3.8, 4) is 0 Å². The van der Waals surface area contributed by atoms with E-state index in [1.807, 2.05) is 26.0 Å². The molecule has 0 unspecified atom stereocenters. The Morgan fingerprint density at radius 1 is 1.06 bits per heavy atom. The Hall–Kier alpha value is -3.03. The Bertz CT molecular complexity index is 886. The van der Waals surface area contributed by atoms with Crippen molar-refractivity contribution in [1.82, 2.24) is 15.1 Å². The molecule has 3 atom stereocenters. The lowest BCUT2D eigenvalue weighted by Gasteiger charge is -2.30. The Labute approximate surface area is 187 Å². The van der Waals surface area contributed by atoms with Crippen LogP contribution >= 0.6 is 0 Å². The number of nitrogens with one attached hydrogen (secondary N) is 1. The highest BCUT2D eigenvalue weighted by Crippen LogP contribution is 2.35. The number of carbonyl (C=O) groups is 4. The van der Waals surface area contributed by atoms with E-state index >= 15 is 0 Å². The third kappa shape index (κ3) is 5.23. The second-order valence-corrected chi connectivity index (χ2v) is 8.72. The lowest BCUT2D eigenvalue weighted by molar-refractivity contribution is -0.143. The van der Waals surface area contributed by atoms with E-state index in [1.54, 1.807) is 19.1 Å². The average Bonchev–Trinajstić information content (AvgIpc) is 3.00. The van der Waals surface area contributed by atoms with E-state index in [0.717, 1.165) is 0 Å². The van der Waals surface area contributed by atoms with Gasteiger partial charge in [0.15, 0.2) is 0 Å². The maximum atomic E-state index is 13.3. The third-order valence-corrected chi connectivity index (χ3v) is 6.01. The van der Waals surface area contributed by atoms with Crippen LogP contribution < -0.4 is 5.32 Å². The van der Waals surface area contributed by atoms with Crippen LogP contribution in [0.25, 0.3) is 0 Å². The Balaban J connectivity index is 1.71. The van der Waals surface area contributed by atoms with Crippen molar-refractivity contribution in [1.29, 1.82) is 0 Å². The summed E-state index contributed by atoms with van der Waals surface area (Å²) in [4.78, 5) is 53.7. The number of amides is 4. The number of hydrogen-bond donors (Lipinski definition) is 1. The summed E-state index contributed by atoms with van der Waals surface area (Å²) in [5.41, 5.74) is 0.675. The van der Waals surface area contributed by atoms with Gasteiger partial charge >= 0.3 is 0 Å². The molecule has 1 N–H and O–H groups in total. The number of carbonyl (C=O) groups excluding carboxylic acids is 4. The van der Waals surface area contributed by atoms with Gasteiger partial charge in [0.2, 0.25) is 23.6 Å². The number of fused-ring (bicyclic) bond motifs is 1. The molecular weight excluding hydrogens is 413 g/mol. The molecule has 0 aromatic heterocycles. The molecule has 1 aliphatic carbocycles. The van der Waals surface area contributed by atoms with Gasteiger partial charge in [-0.05, 0) is 51.3 Å². The fraction of sp³-hybridized carbons (Fsp3) is 0.500. The molecule has 1 aromatic carbocycles. The molecule has 1 saturated heterocycles. The van der Waals surface area contributed by atoms with Crippen LogP contribution in [-0.4, -0.2) is 52.1 Å². The highest BCUT2D eigenvalue weighted by Gasteiger charge is 2.47. The van der Waals surface area contributed by atoms with Gasteiger partial charge in [0.1, 0.15) is 11.9 Å². The van der Waals surface area contributed by atoms with E-state index in [0.29, 0.717) is 18.4 Å². The lowest BCUT2D eigenvalue weighted by atomic mass is 9.85. The second-order valence-electron chi connectivity index (χ2n) is 8.72. The summed E-state index contributed by atoms with van der Waals surface area (Å²) < 4.78 is 13.3. The molecule has 1 aliphatic heterocycles. The van der Waals surface area contributed by atoms with Gasteiger partial charge in [-0.2, -0.15) is 0 Å². The maximum Gasteiger partial charge on any atom is 0.242 e. The molecule has 7 nitrogen and oxygen atoms in total. The van der Waals surface area contributed by atoms with Gasteiger partial charge < -0.3 is 10.2 Å². The summed E-state index contributed by atoms with van der Waals surface area (Å²) in [5, 5.41) is 2.80. The summed E-state index contributed by atoms with van der Waals surface area (Å²) in [6, 6.07) is 4.86. The quantitative estimate of drug-likeness (QED) is 0.494. The first-order valence-electron chi connectivity index (χ1n) is 11.0. The smallest absolute Gasteiger partial charge is 0.242 e. The van der Waals surface area contributed by atoms with E-state index in [2.05, 4.69) is 5.32 Å². The molecule has 8 heteroatoms. The van der Waals surface area contributed by atoms with Crippen LogP contribution in [0.2, 0.25) is 0 Å². The van der Waals surface area contributed by atoms with Crippen LogP contribution in [-0.2, 0) is 25.7 Å². The van der Waals surface area contributed by atoms with Gasteiger partial charge in [0.05, 0.1) is 11.8 Å². The monoisotopic (exact) mass is 443 g/mol. The van der Waals surface area contributed by atoms with Crippen molar-refractivity contribution in [2.24, 2.45) is 11.8 Å². The Kier molecular flexibility index (Phi) is 7.43. The van der Waals surface area contributed by atoms with Crippen LogP contribution in [0.3, 0.4) is 0 Å². The second kappa shape index (κ2) is 10.1. The minimum absolute atomic E-state index is 0.0120. The fourth-order valence-electron chi connectivity index (χ4n) is 4.21. The van der Waals surface area contributed by atoms with Crippen LogP contribution in [0.4, 0.5) is 4.39 Å². The average molecular weight is 444 g/mol. The van der Waals surface area contributed by atoms with Crippen LogP contribution in [0, 0.1) is 17.7 Å². The first kappa shape index (κ1) is 23.6. The van der Waals surface area contributed by atoms with E-state index in [9.17, 15) is 23.6 Å². The van der Waals surface area contributed by atoms with Crippen molar-refractivity contribution in [3.05, 3.63) is 47.8 Å². The van der Waals surface area contributed by atoms with Crippen molar-refractivity contribution >= 4 is 23.6 Å². The zero-order chi connectivity index (χ0) is 23.4. The minimum Gasteiger partial charge on any atom is -0.352 e. The maximum absolute atomic E-state index is 13.3. The van der Waals surface area contributed by atoms with Crippen molar-refractivity contribution in [2.75, 3.05) is 6.54 Å². The van der Waals surface area contributed by atoms with Gasteiger partial charge in [0, 0.05) is 25.6 Å². The molecule has 0 spiro atoms. The molecule has 2 aliphatic rings. The van der Waals surface area contributed by atoms with Gasteiger partial charge in [-0.15, -0.1) is 0 Å². The molecule has 0 radical (unpaired) electrons. The van der Waals surface area contributed by atoms with Crippen LogP contribution in [0.15, 0.2) is 36.4 Å². The lowest BCUT2D eigenvalue weighted by Crippen LogP contribution is -2.49. The summed E-state index contributed by atoms with van der Waals surface area (Å²) >= 11 is 0. The number of benzene rings is 1. The molecule has 1 aromatic rings. The Morgan fingerprint density at radius 2 is 1.62 bits per heavy atom. The molecule has 0 saturated carbocycles. The number of likely N-dealkylation sites (tertiary alicyclic amines) is 1. The van der Waals surface area contributed by atoms with E-state index < -0.39 is 6.04 Å². The summed E-state index contributed by atoms with van der Waals surface area (Å²) in [6.07, 6.45) is 4.84. The fourth-order valence-corrected chi connectivity index (χ4v) is 4.21. The number of imide groups is 1. The van der Waals surface area contributed by atoms with Gasteiger partial charge in [-0.1, -0.05) is 24.3 Å². The topological polar surface area (TPSA) is 86.8 Å². The predicted octanol–water partition coefficient (Wildman–Crippen LogP) is 2.41. The summed E-state index contributed by atoms with van der Waals surface area (Å²) in [6.45, 7) is 5.39. The zero-order valence-corrected chi connectivity index (χ0v) is 18.7. The number of hydrogen-bond acceptors (Lipinski definition) is 4. The molecule has 4 amide bonds.